The maximum atomic E-state index is 13.0. The molecule has 0 bridgehead atoms. The summed E-state index contributed by atoms with van der Waals surface area (Å²) in [5, 5.41) is 0. The van der Waals surface area contributed by atoms with E-state index < -0.39 is 30.3 Å². The standard InChI is InChI=1S/C31H35NO8/c1-31(2,3)40-30(36)32-14-18(15-37-4)10-25(32)29(35)39-17-27(34)20-8-9-22-21(11-20)16-38-28-13-23-19(12-24(22)28)6-5-7-26(23)33/h8-9,11-13,18,25H,5-7,10,14-17H2,1-4H3. The third-order valence-electron chi connectivity index (χ3n) is 7.49. The lowest BCUT2D eigenvalue weighted by molar-refractivity contribution is -0.147. The number of rotatable bonds is 6. The first-order chi connectivity index (χ1) is 19.0. The van der Waals surface area contributed by atoms with Crippen molar-refractivity contribution in [3.63, 3.8) is 0 Å². The van der Waals surface area contributed by atoms with Crippen molar-refractivity contribution in [1.82, 2.24) is 4.90 Å². The maximum Gasteiger partial charge on any atom is 0.411 e. The number of ether oxygens (including phenoxy) is 4. The minimum absolute atomic E-state index is 0.0435. The number of carbonyl (C=O) groups is 4. The third-order valence-corrected chi connectivity index (χ3v) is 7.49. The highest BCUT2D eigenvalue weighted by Gasteiger charge is 2.42. The second kappa shape index (κ2) is 11.0. The van der Waals surface area contributed by atoms with Crippen molar-refractivity contribution in [3.8, 4) is 16.9 Å². The van der Waals surface area contributed by atoms with Gasteiger partial charge in [-0.1, -0.05) is 12.1 Å². The summed E-state index contributed by atoms with van der Waals surface area (Å²) in [4.78, 5) is 52.5. The van der Waals surface area contributed by atoms with Crippen LogP contribution < -0.4 is 4.74 Å². The maximum absolute atomic E-state index is 13.0. The molecule has 1 fully saturated rings. The Morgan fingerprint density at radius 3 is 2.58 bits per heavy atom. The molecule has 2 atom stereocenters. The highest BCUT2D eigenvalue weighted by atomic mass is 16.6. The monoisotopic (exact) mass is 549 g/mol. The fourth-order valence-corrected chi connectivity index (χ4v) is 5.64. The molecule has 2 aromatic carbocycles. The second-order valence-corrected chi connectivity index (χ2v) is 11.7. The number of methoxy groups -OCH3 is 1. The van der Waals surface area contributed by atoms with Crippen LogP contribution in [0.3, 0.4) is 0 Å². The van der Waals surface area contributed by atoms with Crippen LogP contribution in [0.1, 0.15) is 71.9 Å². The van der Waals surface area contributed by atoms with Gasteiger partial charge < -0.3 is 18.9 Å². The molecule has 212 valence electrons. The molecule has 2 aromatic rings. The van der Waals surface area contributed by atoms with Gasteiger partial charge >= 0.3 is 12.1 Å². The van der Waals surface area contributed by atoms with Gasteiger partial charge in [-0.05, 0) is 74.9 Å². The fourth-order valence-electron chi connectivity index (χ4n) is 5.64. The molecule has 3 aliphatic rings. The molecule has 2 aliphatic heterocycles. The number of hydrogen-bond donors (Lipinski definition) is 0. The molecule has 9 heteroatoms. The largest absolute Gasteiger partial charge is 0.488 e. The van der Waals surface area contributed by atoms with Gasteiger partial charge in [0.25, 0.3) is 0 Å². The van der Waals surface area contributed by atoms with Crippen LogP contribution in [0.15, 0.2) is 30.3 Å². The van der Waals surface area contributed by atoms with E-state index in [1.54, 1.807) is 40.0 Å². The highest BCUT2D eigenvalue weighted by Crippen LogP contribution is 2.41. The lowest BCUT2D eigenvalue weighted by Crippen LogP contribution is -2.44. The number of fused-ring (bicyclic) bond motifs is 4. The molecule has 0 radical (unpaired) electrons. The van der Waals surface area contributed by atoms with Crippen molar-refractivity contribution >= 4 is 23.6 Å². The number of carbonyl (C=O) groups excluding carboxylic acids is 4. The smallest absolute Gasteiger partial charge is 0.411 e. The zero-order valence-corrected chi connectivity index (χ0v) is 23.4. The molecule has 0 aromatic heterocycles. The summed E-state index contributed by atoms with van der Waals surface area (Å²) in [6.07, 6.45) is 2.02. The van der Waals surface area contributed by atoms with E-state index in [-0.39, 0.29) is 24.1 Å². The third kappa shape index (κ3) is 5.75. The summed E-state index contributed by atoms with van der Waals surface area (Å²) in [6, 6.07) is 8.36. The second-order valence-electron chi connectivity index (χ2n) is 11.7. The minimum Gasteiger partial charge on any atom is -0.488 e. The van der Waals surface area contributed by atoms with Crippen molar-refractivity contribution in [2.75, 3.05) is 26.9 Å². The Morgan fingerprint density at radius 2 is 1.82 bits per heavy atom. The highest BCUT2D eigenvalue weighted by molar-refractivity contribution is 6.01. The van der Waals surface area contributed by atoms with Gasteiger partial charge in [-0.25, -0.2) is 9.59 Å². The number of amides is 1. The Labute approximate surface area is 233 Å². The van der Waals surface area contributed by atoms with Gasteiger partial charge in [-0.15, -0.1) is 0 Å². The molecule has 9 nitrogen and oxygen atoms in total. The van der Waals surface area contributed by atoms with Crippen molar-refractivity contribution in [2.45, 2.75) is 64.7 Å². The topological polar surface area (TPSA) is 108 Å². The number of aryl methyl sites for hydroxylation is 1. The number of nitrogens with zero attached hydrogens (tertiary/aromatic N) is 1. The Hall–Kier alpha value is -3.72. The van der Waals surface area contributed by atoms with Gasteiger partial charge in [0.05, 0.1) is 6.61 Å². The van der Waals surface area contributed by atoms with Gasteiger partial charge in [0, 0.05) is 42.7 Å². The van der Waals surface area contributed by atoms with Crippen LogP contribution in [0.25, 0.3) is 11.1 Å². The molecular weight excluding hydrogens is 514 g/mol. The first-order valence-electron chi connectivity index (χ1n) is 13.7. The normalized spacial score (nSPS) is 19.7. The van der Waals surface area contributed by atoms with Crippen LogP contribution in [0.4, 0.5) is 4.79 Å². The van der Waals surface area contributed by atoms with Crippen molar-refractivity contribution in [2.24, 2.45) is 5.92 Å². The van der Waals surface area contributed by atoms with Crippen LogP contribution >= 0.6 is 0 Å². The Kier molecular flexibility index (Phi) is 7.68. The lowest BCUT2D eigenvalue weighted by atomic mass is 9.86. The number of hydrogen-bond acceptors (Lipinski definition) is 8. The van der Waals surface area contributed by atoms with E-state index in [1.807, 2.05) is 18.2 Å². The molecular formula is C31H35NO8. The van der Waals surface area contributed by atoms with E-state index in [9.17, 15) is 19.2 Å². The summed E-state index contributed by atoms with van der Waals surface area (Å²) in [5.41, 5.74) is 4.17. The summed E-state index contributed by atoms with van der Waals surface area (Å²) < 4.78 is 22.1. The van der Waals surface area contributed by atoms with E-state index in [4.69, 9.17) is 18.9 Å². The number of likely N-dealkylation sites (tertiary alicyclic amines) is 1. The summed E-state index contributed by atoms with van der Waals surface area (Å²) in [5.74, 6) is -0.221. The molecule has 2 heterocycles. The van der Waals surface area contributed by atoms with Crippen LogP contribution in [0.5, 0.6) is 5.75 Å². The fraction of sp³-hybridized carbons (Fsp3) is 0.484. The van der Waals surface area contributed by atoms with E-state index >= 15 is 0 Å². The summed E-state index contributed by atoms with van der Waals surface area (Å²) in [7, 11) is 1.57. The summed E-state index contributed by atoms with van der Waals surface area (Å²) in [6.45, 7) is 5.80. The zero-order chi connectivity index (χ0) is 28.6. The number of esters is 1. The number of Topliss-reactive ketones (excluding diaryl/α,β-unsaturated/α-hetero) is 2. The van der Waals surface area contributed by atoms with Crippen molar-refractivity contribution in [1.29, 1.82) is 0 Å². The Morgan fingerprint density at radius 1 is 1.02 bits per heavy atom. The average Bonchev–Trinajstić information content (AvgIpc) is 3.34. The predicted octanol–water partition coefficient (Wildman–Crippen LogP) is 4.76. The predicted molar refractivity (Wildman–Crippen MR) is 145 cm³/mol. The van der Waals surface area contributed by atoms with Gasteiger partial charge in [0.1, 0.15) is 24.0 Å². The van der Waals surface area contributed by atoms with Gasteiger partial charge in [0.2, 0.25) is 0 Å². The van der Waals surface area contributed by atoms with Crippen LogP contribution in [-0.2, 0) is 32.0 Å². The molecule has 5 rings (SSSR count). The van der Waals surface area contributed by atoms with E-state index in [0.29, 0.717) is 37.3 Å². The van der Waals surface area contributed by atoms with E-state index in [1.165, 1.54) is 4.90 Å². The number of benzene rings is 2. The molecule has 1 saturated heterocycles. The quantitative estimate of drug-likeness (QED) is 0.375. The first-order valence-corrected chi connectivity index (χ1v) is 13.7. The molecule has 1 aliphatic carbocycles. The molecule has 0 saturated carbocycles. The van der Waals surface area contributed by atoms with Crippen LogP contribution in [-0.4, -0.2) is 67.0 Å². The SMILES string of the molecule is COCC1CC(C(=O)OCC(=O)c2ccc3c(c2)COc2cc4c(cc2-3)CCCC4=O)N(C(=O)OC(C)(C)C)C1. The molecule has 2 unspecified atom stereocenters. The minimum atomic E-state index is -0.853. The molecule has 1 amide bonds. The van der Waals surface area contributed by atoms with Gasteiger partial charge in [-0.2, -0.15) is 0 Å². The van der Waals surface area contributed by atoms with Crippen LogP contribution in [0, 0.1) is 5.92 Å². The first kappa shape index (κ1) is 27.8. The Balaban J connectivity index is 1.27. The van der Waals surface area contributed by atoms with Crippen molar-refractivity contribution in [3.05, 3.63) is 52.6 Å². The molecule has 0 spiro atoms. The van der Waals surface area contributed by atoms with Gasteiger partial charge in [-0.3, -0.25) is 14.5 Å². The molecule has 40 heavy (non-hydrogen) atoms. The van der Waals surface area contributed by atoms with Crippen molar-refractivity contribution < 1.29 is 38.1 Å². The zero-order valence-electron chi connectivity index (χ0n) is 23.4. The van der Waals surface area contributed by atoms with E-state index in [2.05, 4.69) is 0 Å². The van der Waals surface area contributed by atoms with Gasteiger partial charge in [0.15, 0.2) is 18.2 Å². The number of ketones is 2. The van der Waals surface area contributed by atoms with E-state index in [0.717, 1.165) is 40.7 Å². The summed E-state index contributed by atoms with van der Waals surface area (Å²) >= 11 is 0. The Bertz CT molecular complexity index is 1360. The lowest BCUT2D eigenvalue weighted by Gasteiger charge is -2.27. The van der Waals surface area contributed by atoms with Crippen LogP contribution in [0.2, 0.25) is 0 Å². The molecule has 0 N–H and O–H groups in total. The average molecular weight is 550 g/mol.